The van der Waals surface area contributed by atoms with Crippen LogP contribution in [-0.4, -0.2) is 25.9 Å². The van der Waals surface area contributed by atoms with Gasteiger partial charge in [0.05, 0.1) is 16.6 Å². The van der Waals surface area contributed by atoms with Gasteiger partial charge in [-0.2, -0.15) is 0 Å². The van der Waals surface area contributed by atoms with E-state index < -0.39 is 11.8 Å². The van der Waals surface area contributed by atoms with Crippen LogP contribution in [0.15, 0.2) is 53.3 Å². The summed E-state index contributed by atoms with van der Waals surface area (Å²) in [5.74, 6) is -1.34. The van der Waals surface area contributed by atoms with Gasteiger partial charge >= 0.3 is 0 Å². The Morgan fingerprint density at radius 1 is 0.971 bits per heavy atom. The number of halogens is 1. The van der Waals surface area contributed by atoms with Gasteiger partial charge < -0.3 is 9.13 Å². The summed E-state index contributed by atoms with van der Waals surface area (Å²) in [6.07, 6.45) is 0. The van der Waals surface area contributed by atoms with Gasteiger partial charge in [0.1, 0.15) is 11.5 Å². The lowest BCUT2D eigenvalue weighted by molar-refractivity contribution is 0.0846. The third-order valence-corrected chi connectivity index (χ3v) is 5.74. The molecule has 34 heavy (non-hydrogen) atoms. The highest BCUT2D eigenvalue weighted by Crippen LogP contribution is 2.21. The van der Waals surface area contributed by atoms with E-state index >= 15 is 0 Å². The number of fused-ring (bicyclic) bond motifs is 1. The van der Waals surface area contributed by atoms with E-state index in [-0.39, 0.29) is 16.9 Å². The SMILES string of the molecule is CCn1c(=O)c(C)nc2cc(C(=O)NNC(=O)c3cc(C)n(-c4ccc(F)cc4)c3C)ccc21. The molecule has 0 aliphatic heterocycles. The molecular formula is C25H24FN5O3. The first kappa shape index (κ1) is 22.9. The second-order valence-corrected chi connectivity index (χ2v) is 7.95. The quantitative estimate of drug-likeness (QED) is 0.456. The highest BCUT2D eigenvalue weighted by Gasteiger charge is 2.18. The molecule has 0 aliphatic rings. The molecule has 2 aromatic heterocycles. The average Bonchev–Trinajstić information content (AvgIpc) is 3.12. The number of hydrogen-bond acceptors (Lipinski definition) is 4. The number of hydrazine groups is 1. The number of aromatic nitrogens is 3. The van der Waals surface area contributed by atoms with E-state index in [0.717, 1.165) is 11.4 Å². The summed E-state index contributed by atoms with van der Waals surface area (Å²) in [5, 5.41) is 0. The lowest BCUT2D eigenvalue weighted by Gasteiger charge is -2.12. The van der Waals surface area contributed by atoms with Crippen LogP contribution in [0.1, 0.15) is 44.7 Å². The Morgan fingerprint density at radius 3 is 2.32 bits per heavy atom. The fraction of sp³-hybridized carbons (Fsp3) is 0.200. The van der Waals surface area contributed by atoms with Crippen LogP contribution < -0.4 is 16.4 Å². The number of aryl methyl sites for hydroxylation is 3. The van der Waals surface area contributed by atoms with Crippen LogP contribution in [0.5, 0.6) is 0 Å². The van der Waals surface area contributed by atoms with E-state index in [0.29, 0.717) is 34.5 Å². The number of carbonyl (C=O) groups excluding carboxylic acids is 2. The van der Waals surface area contributed by atoms with Crippen LogP contribution in [0.4, 0.5) is 4.39 Å². The Morgan fingerprint density at radius 2 is 1.65 bits per heavy atom. The zero-order chi connectivity index (χ0) is 24.6. The summed E-state index contributed by atoms with van der Waals surface area (Å²) in [7, 11) is 0. The lowest BCUT2D eigenvalue weighted by atomic mass is 10.1. The van der Waals surface area contributed by atoms with Crippen LogP contribution >= 0.6 is 0 Å². The zero-order valence-electron chi connectivity index (χ0n) is 19.3. The van der Waals surface area contributed by atoms with E-state index in [1.807, 2.05) is 18.4 Å². The molecule has 0 saturated carbocycles. The summed E-state index contributed by atoms with van der Waals surface area (Å²) in [5.41, 5.74) is 9.03. The van der Waals surface area contributed by atoms with Gasteiger partial charge in [-0.3, -0.25) is 25.2 Å². The molecule has 0 spiro atoms. The molecule has 9 heteroatoms. The van der Waals surface area contributed by atoms with E-state index in [9.17, 15) is 18.8 Å². The fourth-order valence-corrected chi connectivity index (χ4v) is 4.06. The van der Waals surface area contributed by atoms with Gasteiger partial charge in [0.15, 0.2) is 0 Å². The molecule has 0 aliphatic carbocycles. The highest BCUT2D eigenvalue weighted by atomic mass is 19.1. The molecule has 8 nitrogen and oxygen atoms in total. The van der Waals surface area contributed by atoms with Crippen molar-refractivity contribution in [3.63, 3.8) is 0 Å². The van der Waals surface area contributed by atoms with E-state index in [1.165, 1.54) is 12.1 Å². The summed E-state index contributed by atoms with van der Waals surface area (Å²) >= 11 is 0. The molecule has 0 radical (unpaired) electrons. The smallest absolute Gasteiger partial charge is 0.272 e. The van der Waals surface area contributed by atoms with Crippen molar-refractivity contribution in [1.82, 2.24) is 25.0 Å². The van der Waals surface area contributed by atoms with Crippen LogP contribution in [0, 0.1) is 26.6 Å². The first-order valence-electron chi connectivity index (χ1n) is 10.8. The number of carbonyl (C=O) groups is 2. The number of rotatable bonds is 4. The van der Waals surface area contributed by atoms with Crippen LogP contribution in [-0.2, 0) is 6.54 Å². The molecule has 0 atom stereocenters. The third kappa shape index (κ3) is 4.07. The number of amides is 2. The summed E-state index contributed by atoms with van der Waals surface area (Å²) in [4.78, 5) is 42.0. The lowest BCUT2D eigenvalue weighted by Crippen LogP contribution is -2.41. The van der Waals surface area contributed by atoms with Crippen molar-refractivity contribution in [3.05, 3.63) is 92.9 Å². The molecule has 0 saturated heterocycles. The Labute approximate surface area is 195 Å². The fourth-order valence-electron chi connectivity index (χ4n) is 4.06. The van der Waals surface area contributed by atoms with Crippen molar-refractivity contribution >= 4 is 22.8 Å². The maximum atomic E-state index is 13.3. The van der Waals surface area contributed by atoms with Crippen molar-refractivity contribution in [3.8, 4) is 5.69 Å². The first-order chi connectivity index (χ1) is 16.2. The second kappa shape index (κ2) is 8.93. The molecule has 4 rings (SSSR count). The van der Waals surface area contributed by atoms with Gasteiger partial charge in [-0.05, 0) is 76.2 Å². The molecule has 0 bridgehead atoms. The van der Waals surface area contributed by atoms with Gasteiger partial charge in [0.2, 0.25) is 0 Å². The molecule has 2 amide bonds. The van der Waals surface area contributed by atoms with Crippen molar-refractivity contribution in [1.29, 1.82) is 0 Å². The van der Waals surface area contributed by atoms with E-state index in [2.05, 4.69) is 15.8 Å². The summed E-state index contributed by atoms with van der Waals surface area (Å²) in [6.45, 7) is 7.59. The third-order valence-electron chi connectivity index (χ3n) is 5.74. The molecule has 2 heterocycles. The number of benzene rings is 2. The monoisotopic (exact) mass is 461 g/mol. The largest absolute Gasteiger partial charge is 0.318 e. The first-order valence-corrected chi connectivity index (χ1v) is 10.8. The van der Waals surface area contributed by atoms with E-state index in [1.54, 1.807) is 54.8 Å². The Kier molecular flexibility index (Phi) is 6.02. The highest BCUT2D eigenvalue weighted by molar-refractivity contribution is 6.01. The molecule has 0 fully saturated rings. The van der Waals surface area contributed by atoms with Crippen LogP contribution in [0.25, 0.3) is 16.7 Å². The van der Waals surface area contributed by atoms with Gasteiger partial charge in [-0.15, -0.1) is 0 Å². The normalized spacial score (nSPS) is 11.0. The minimum Gasteiger partial charge on any atom is -0.318 e. The number of nitrogens with zero attached hydrogens (tertiary/aromatic N) is 3. The minimum atomic E-state index is -0.517. The van der Waals surface area contributed by atoms with Crippen molar-refractivity contribution in [2.75, 3.05) is 0 Å². The van der Waals surface area contributed by atoms with Crippen LogP contribution in [0.2, 0.25) is 0 Å². The van der Waals surface area contributed by atoms with E-state index in [4.69, 9.17) is 0 Å². The Balaban J connectivity index is 1.53. The Hall–Kier alpha value is -4.27. The van der Waals surface area contributed by atoms with Crippen molar-refractivity contribution < 1.29 is 14.0 Å². The average molecular weight is 461 g/mol. The van der Waals surface area contributed by atoms with Gasteiger partial charge in [-0.1, -0.05) is 0 Å². The maximum absolute atomic E-state index is 13.3. The predicted molar refractivity (Wildman–Crippen MR) is 127 cm³/mol. The van der Waals surface area contributed by atoms with Gasteiger partial charge in [0.25, 0.3) is 17.4 Å². The summed E-state index contributed by atoms with van der Waals surface area (Å²) in [6, 6.07) is 12.5. The Bertz CT molecular complexity index is 1490. The summed E-state index contributed by atoms with van der Waals surface area (Å²) < 4.78 is 16.7. The van der Waals surface area contributed by atoms with Crippen molar-refractivity contribution in [2.45, 2.75) is 34.2 Å². The molecule has 0 unspecified atom stereocenters. The molecule has 174 valence electrons. The van der Waals surface area contributed by atoms with Crippen LogP contribution in [0.3, 0.4) is 0 Å². The standard InChI is InChI=1S/C25H24FN5O3/c1-5-30-22-11-6-17(13-21(22)27-15(3)25(30)34)23(32)28-29-24(33)20-12-14(2)31(16(20)4)19-9-7-18(26)8-10-19/h6-13H,5H2,1-4H3,(H,28,32)(H,29,33). The number of nitrogens with one attached hydrogen (secondary N) is 2. The zero-order valence-corrected chi connectivity index (χ0v) is 19.3. The topological polar surface area (TPSA) is 98.0 Å². The number of hydrogen-bond donors (Lipinski definition) is 2. The van der Waals surface area contributed by atoms with Gasteiger partial charge in [0, 0.05) is 29.2 Å². The van der Waals surface area contributed by atoms with Crippen molar-refractivity contribution in [2.24, 2.45) is 0 Å². The molecule has 4 aromatic rings. The molecule has 2 N–H and O–H groups in total. The second-order valence-electron chi connectivity index (χ2n) is 7.95. The minimum absolute atomic E-state index is 0.169. The molecule has 2 aromatic carbocycles. The molecular weight excluding hydrogens is 437 g/mol. The van der Waals surface area contributed by atoms with Gasteiger partial charge in [-0.25, -0.2) is 9.37 Å². The predicted octanol–water partition coefficient (Wildman–Crippen LogP) is 3.35. The maximum Gasteiger partial charge on any atom is 0.272 e.